The van der Waals surface area contributed by atoms with Crippen molar-refractivity contribution in [3.63, 3.8) is 0 Å². The lowest BCUT2D eigenvalue weighted by molar-refractivity contribution is 0.920. The maximum Gasteiger partial charge on any atom is 0.195 e. The molecule has 6 nitrogen and oxygen atoms in total. The van der Waals surface area contributed by atoms with Gasteiger partial charge in [0.1, 0.15) is 5.82 Å². The second kappa shape index (κ2) is 5.66. The van der Waals surface area contributed by atoms with Gasteiger partial charge in [0, 0.05) is 11.9 Å². The fourth-order valence-electron chi connectivity index (χ4n) is 1.72. The molecule has 8 heteroatoms. The van der Waals surface area contributed by atoms with Crippen molar-refractivity contribution in [2.75, 3.05) is 5.43 Å². The van der Waals surface area contributed by atoms with Crippen LogP contribution in [0.15, 0.2) is 41.7 Å². The summed E-state index contributed by atoms with van der Waals surface area (Å²) in [7, 11) is 0. The Morgan fingerprint density at radius 2 is 2.15 bits per heavy atom. The van der Waals surface area contributed by atoms with Crippen LogP contribution in [-0.4, -0.2) is 19.6 Å². The molecule has 0 saturated carbocycles. The third-order valence-electron chi connectivity index (χ3n) is 2.69. The number of rotatable bonds is 4. The van der Waals surface area contributed by atoms with Gasteiger partial charge in [0.25, 0.3) is 0 Å². The highest BCUT2D eigenvalue weighted by molar-refractivity contribution is 7.98. The predicted octanol–water partition coefficient (Wildman–Crippen LogP) is 2.36. The zero-order valence-corrected chi connectivity index (χ0v) is 11.9. The molecule has 0 saturated heterocycles. The van der Waals surface area contributed by atoms with Crippen molar-refractivity contribution in [1.82, 2.24) is 19.6 Å². The summed E-state index contributed by atoms with van der Waals surface area (Å²) in [5, 5.41) is 9.64. The zero-order chi connectivity index (χ0) is 13.9. The smallest absolute Gasteiger partial charge is 0.195 e. The molecule has 0 aliphatic heterocycles. The Kier molecular flexibility index (Phi) is 3.72. The van der Waals surface area contributed by atoms with Crippen LogP contribution < -0.4 is 11.3 Å². The Hall–Kier alpha value is -1.83. The van der Waals surface area contributed by atoms with E-state index in [4.69, 9.17) is 17.4 Å². The highest BCUT2D eigenvalue weighted by Gasteiger charge is 2.09. The van der Waals surface area contributed by atoms with Crippen LogP contribution in [-0.2, 0) is 5.75 Å². The monoisotopic (exact) mass is 306 g/mol. The molecule has 102 valence electrons. The van der Waals surface area contributed by atoms with Crippen molar-refractivity contribution in [1.29, 1.82) is 0 Å². The number of nitrogens with two attached hydrogens (primary N) is 1. The summed E-state index contributed by atoms with van der Waals surface area (Å²) in [6.45, 7) is 0. The molecule has 0 aromatic carbocycles. The summed E-state index contributed by atoms with van der Waals surface area (Å²) in [5.74, 6) is 6.51. The Balaban J connectivity index is 1.83. The van der Waals surface area contributed by atoms with Crippen LogP contribution in [0.2, 0.25) is 5.02 Å². The van der Waals surface area contributed by atoms with Gasteiger partial charge < -0.3 is 5.43 Å². The number of hydrazine groups is 1. The van der Waals surface area contributed by atoms with E-state index in [1.54, 1.807) is 12.1 Å². The molecule has 0 fully saturated rings. The van der Waals surface area contributed by atoms with Crippen molar-refractivity contribution in [2.24, 2.45) is 5.84 Å². The lowest BCUT2D eigenvalue weighted by Crippen LogP contribution is -2.09. The Labute approximate surface area is 124 Å². The summed E-state index contributed by atoms with van der Waals surface area (Å²) < 4.78 is 1.92. The summed E-state index contributed by atoms with van der Waals surface area (Å²) >= 11 is 7.64. The zero-order valence-electron chi connectivity index (χ0n) is 10.3. The van der Waals surface area contributed by atoms with Gasteiger partial charge in [-0.3, -0.25) is 4.40 Å². The molecule has 0 aliphatic rings. The maximum absolute atomic E-state index is 6.12. The van der Waals surface area contributed by atoms with Crippen molar-refractivity contribution in [3.05, 3.63) is 47.2 Å². The van der Waals surface area contributed by atoms with Gasteiger partial charge in [0.15, 0.2) is 10.8 Å². The Morgan fingerprint density at radius 1 is 1.25 bits per heavy atom. The van der Waals surface area contributed by atoms with Gasteiger partial charge >= 0.3 is 0 Å². The van der Waals surface area contributed by atoms with Gasteiger partial charge in [0.05, 0.1) is 10.7 Å². The minimum absolute atomic E-state index is 0.580. The standard InChI is InChI=1S/C12H11ClN6S/c13-8-4-5-10(16-14)15-9(8)7-20-12-18-17-11-3-1-2-6-19(11)12/h1-6H,7,14H2,(H,15,16). The lowest BCUT2D eigenvalue weighted by Gasteiger charge is -2.05. The van der Waals surface area contributed by atoms with E-state index < -0.39 is 0 Å². The van der Waals surface area contributed by atoms with Crippen molar-refractivity contribution in [2.45, 2.75) is 10.9 Å². The molecule has 20 heavy (non-hydrogen) atoms. The van der Waals surface area contributed by atoms with E-state index in [0.717, 1.165) is 16.5 Å². The Bertz CT molecular complexity index is 744. The number of nitrogens with one attached hydrogen (secondary N) is 1. The van der Waals surface area contributed by atoms with E-state index >= 15 is 0 Å². The molecule has 3 aromatic heterocycles. The number of nitrogen functional groups attached to an aromatic ring is 1. The van der Waals surface area contributed by atoms with E-state index in [2.05, 4.69) is 20.6 Å². The van der Waals surface area contributed by atoms with Crippen LogP contribution in [0.5, 0.6) is 0 Å². The first-order valence-electron chi connectivity index (χ1n) is 5.82. The number of hydrogen-bond acceptors (Lipinski definition) is 6. The van der Waals surface area contributed by atoms with Gasteiger partial charge in [-0.05, 0) is 24.3 Å². The molecule has 3 N–H and O–H groups in total. The van der Waals surface area contributed by atoms with Crippen LogP contribution >= 0.6 is 23.4 Å². The minimum atomic E-state index is 0.580. The van der Waals surface area contributed by atoms with Gasteiger partial charge in [-0.15, -0.1) is 10.2 Å². The normalized spacial score (nSPS) is 10.9. The van der Waals surface area contributed by atoms with Crippen LogP contribution in [0.3, 0.4) is 0 Å². The van der Waals surface area contributed by atoms with Crippen LogP contribution in [0.4, 0.5) is 5.82 Å². The van der Waals surface area contributed by atoms with Gasteiger partial charge in [0.2, 0.25) is 0 Å². The molecule has 0 amide bonds. The SMILES string of the molecule is NNc1ccc(Cl)c(CSc2nnc3ccccn23)n1. The molecule has 0 atom stereocenters. The average Bonchev–Trinajstić information content (AvgIpc) is 2.90. The third kappa shape index (κ3) is 2.55. The Morgan fingerprint density at radius 3 is 3.00 bits per heavy atom. The van der Waals surface area contributed by atoms with Gasteiger partial charge in [-0.2, -0.15) is 0 Å². The molecule has 0 radical (unpaired) electrons. The third-order valence-corrected chi connectivity index (χ3v) is 3.99. The number of halogens is 1. The van der Waals surface area contributed by atoms with E-state index in [9.17, 15) is 0 Å². The van der Waals surface area contributed by atoms with E-state index in [0.29, 0.717) is 16.6 Å². The van der Waals surface area contributed by atoms with Crippen LogP contribution in [0.25, 0.3) is 5.65 Å². The van der Waals surface area contributed by atoms with Gasteiger partial charge in [-0.1, -0.05) is 29.4 Å². The van der Waals surface area contributed by atoms with Crippen molar-refractivity contribution >= 4 is 34.8 Å². The predicted molar refractivity (Wildman–Crippen MR) is 79.6 cm³/mol. The van der Waals surface area contributed by atoms with Crippen molar-refractivity contribution in [3.8, 4) is 0 Å². The summed E-state index contributed by atoms with van der Waals surface area (Å²) in [4.78, 5) is 4.32. The first-order valence-corrected chi connectivity index (χ1v) is 7.19. The molecule has 0 spiro atoms. The van der Waals surface area contributed by atoms with E-state index in [1.165, 1.54) is 11.8 Å². The number of nitrogens with zero attached hydrogens (tertiary/aromatic N) is 4. The minimum Gasteiger partial charge on any atom is -0.308 e. The molecule has 0 aliphatic carbocycles. The summed E-state index contributed by atoms with van der Waals surface area (Å²) in [5.41, 5.74) is 4.07. The quantitative estimate of drug-likeness (QED) is 0.437. The molecule has 0 unspecified atom stereocenters. The number of aromatic nitrogens is 4. The van der Waals surface area contributed by atoms with E-state index in [-0.39, 0.29) is 0 Å². The fraction of sp³-hybridized carbons (Fsp3) is 0.0833. The van der Waals surface area contributed by atoms with E-state index in [1.807, 2.05) is 28.8 Å². The first-order chi connectivity index (χ1) is 9.78. The highest BCUT2D eigenvalue weighted by Crippen LogP contribution is 2.25. The molecule has 0 bridgehead atoms. The first kappa shape index (κ1) is 13.2. The molecule has 3 heterocycles. The summed E-state index contributed by atoms with van der Waals surface area (Å²) in [6, 6.07) is 9.25. The van der Waals surface area contributed by atoms with Crippen LogP contribution in [0.1, 0.15) is 5.69 Å². The number of thioether (sulfide) groups is 1. The molecule has 3 aromatic rings. The number of pyridine rings is 2. The molecule has 3 rings (SSSR count). The number of hydrogen-bond donors (Lipinski definition) is 2. The number of fused-ring (bicyclic) bond motifs is 1. The maximum atomic E-state index is 6.12. The lowest BCUT2D eigenvalue weighted by atomic mass is 10.4. The van der Waals surface area contributed by atoms with Crippen LogP contribution in [0, 0.1) is 0 Å². The summed E-state index contributed by atoms with van der Waals surface area (Å²) in [6.07, 6.45) is 1.92. The second-order valence-electron chi connectivity index (χ2n) is 3.97. The topological polar surface area (TPSA) is 81.1 Å². The number of anilines is 1. The highest BCUT2D eigenvalue weighted by atomic mass is 35.5. The van der Waals surface area contributed by atoms with Gasteiger partial charge in [-0.25, -0.2) is 10.8 Å². The molecular formula is C12H11ClN6S. The average molecular weight is 307 g/mol. The van der Waals surface area contributed by atoms with Crippen molar-refractivity contribution < 1.29 is 0 Å². The largest absolute Gasteiger partial charge is 0.308 e. The fourth-order valence-corrected chi connectivity index (χ4v) is 2.85. The molecular weight excluding hydrogens is 296 g/mol. The second-order valence-corrected chi connectivity index (χ2v) is 5.32.